The topological polar surface area (TPSA) is 0 Å². The molecule has 1 fully saturated rings. The van der Waals surface area contributed by atoms with E-state index < -0.39 is 0 Å². The van der Waals surface area contributed by atoms with Crippen LogP contribution in [0.5, 0.6) is 0 Å². The molecule has 0 N–H and O–H groups in total. The van der Waals surface area contributed by atoms with Crippen molar-refractivity contribution < 1.29 is 0 Å². The van der Waals surface area contributed by atoms with Crippen molar-refractivity contribution in [2.24, 2.45) is 11.8 Å². The lowest BCUT2D eigenvalue weighted by atomic mass is 9.77. The first-order valence-electron chi connectivity index (χ1n) is 6.64. The van der Waals surface area contributed by atoms with Gasteiger partial charge < -0.3 is 0 Å². The zero-order chi connectivity index (χ0) is 10.2. The van der Waals surface area contributed by atoms with Crippen LogP contribution in [0.3, 0.4) is 0 Å². The molecule has 2 atom stereocenters. The van der Waals surface area contributed by atoms with Crippen molar-refractivity contribution in [2.45, 2.75) is 71.6 Å². The van der Waals surface area contributed by atoms with E-state index in [1.807, 2.05) is 0 Å². The fraction of sp³-hybridized carbons (Fsp3) is 0.929. The zero-order valence-electron chi connectivity index (χ0n) is 10.1. The Balaban J connectivity index is 2.14. The second-order valence-corrected chi connectivity index (χ2v) is 5.03. The molecule has 2 unspecified atom stereocenters. The lowest BCUT2D eigenvalue weighted by molar-refractivity contribution is 0.240. The Morgan fingerprint density at radius 3 is 2.50 bits per heavy atom. The molecular weight excluding hydrogens is 168 g/mol. The van der Waals surface area contributed by atoms with Crippen LogP contribution in [0.2, 0.25) is 0 Å². The van der Waals surface area contributed by atoms with E-state index in [0.717, 1.165) is 11.8 Å². The summed E-state index contributed by atoms with van der Waals surface area (Å²) >= 11 is 0. The van der Waals surface area contributed by atoms with Crippen LogP contribution in [0, 0.1) is 18.3 Å². The summed E-state index contributed by atoms with van der Waals surface area (Å²) in [5, 5.41) is 0. The highest BCUT2D eigenvalue weighted by Crippen LogP contribution is 2.34. The molecule has 0 aromatic rings. The van der Waals surface area contributed by atoms with E-state index in [9.17, 15) is 0 Å². The maximum absolute atomic E-state index is 2.33. The Morgan fingerprint density at radius 1 is 1.14 bits per heavy atom. The molecule has 0 aromatic heterocycles. The molecule has 0 amide bonds. The Kier molecular flexibility index (Phi) is 6.31. The summed E-state index contributed by atoms with van der Waals surface area (Å²) < 4.78 is 0. The van der Waals surface area contributed by atoms with Crippen LogP contribution in [-0.4, -0.2) is 0 Å². The van der Waals surface area contributed by atoms with Gasteiger partial charge in [-0.15, -0.1) is 0 Å². The Hall–Kier alpha value is 0. The van der Waals surface area contributed by atoms with Crippen molar-refractivity contribution in [2.75, 3.05) is 0 Å². The van der Waals surface area contributed by atoms with Gasteiger partial charge in [0.1, 0.15) is 0 Å². The highest BCUT2D eigenvalue weighted by Gasteiger charge is 2.20. The highest BCUT2D eigenvalue weighted by molar-refractivity contribution is 4.74. The molecule has 1 aliphatic carbocycles. The van der Waals surface area contributed by atoms with Crippen LogP contribution >= 0.6 is 0 Å². The molecule has 0 aromatic carbocycles. The largest absolute Gasteiger partial charge is 0.0654 e. The third-order valence-electron chi connectivity index (χ3n) is 3.72. The zero-order valence-corrected chi connectivity index (χ0v) is 10.1. The molecule has 0 saturated heterocycles. The third-order valence-corrected chi connectivity index (χ3v) is 3.72. The summed E-state index contributed by atoms with van der Waals surface area (Å²) in [6.07, 6.45) is 15.5. The fourth-order valence-corrected chi connectivity index (χ4v) is 2.82. The third kappa shape index (κ3) is 4.48. The highest BCUT2D eigenvalue weighted by atomic mass is 14.3. The van der Waals surface area contributed by atoms with Gasteiger partial charge in [-0.2, -0.15) is 0 Å². The van der Waals surface area contributed by atoms with E-state index >= 15 is 0 Å². The van der Waals surface area contributed by atoms with Gasteiger partial charge in [0.2, 0.25) is 0 Å². The van der Waals surface area contributed by atoms with Crippen LogP contribution in [0.25, 0.3) is 0 Å². The molecule has 1 rings (SSSR count). The number of unbranched alkanes of at least 4 members (excludes halogenated alkanes) is 2. The summed E-state index contributed by atoms with van der Waals surface area (Å²) in [7, 11) is 0. The van der Waals surface area contributed by atoms with Crippen molar-refractivity contribution in [1.82, 2.24) is 0 Å². The smallest absolute Gasteiger partial charge is 0.0412 e. The van der Waals surface area contributed by atoms with Crippen molar-refractivity contribution in [1.29, 1.82) is 0 Å². The molecule has 1 aliphatic rings. The molecule has 0 heteroatoms. The van der Waals surface area contributed by atoms with E-state index in [1.54, 1.807) is 0 Å². The predicted molar refractivity (Wildman–Crippen MR) is 64.2 cm³/mol. The van der Waals surface area contributed by atoms with E-state index in [2.05, 4.69) is 20.3 Å². The standard InChI is InChI=1S/C14H27/c1-3-5-8-13-10-7-11-14(12-13)9-6-4-2/h3,13-14H,4-12H2,1-2H3. The lowest BCUT2D eigenvalue weighted by Crippen LogP contribution is -2.15. The molecule has 1 saturated carbocycles. The minimum absolute atomic E-state index is 1.06. The number of rotatable bonds is 6. The molecule has 0 bridgehead atoms. The molecule has 0 aliphatic heterocycles. The average Bonchev–Trinajstić information content (AvgIpc) is 2.24. The molecule has 1 radical (unpaired) electrons. The van der Waals surface area contributed by atoms with Crippen LogP contribution in [0.4, 0.5) is 0 Å². The van der Waals surface area contributed by atoms with Gasteiger partial charge in [0, 0.05) is 0 Å². The SMILES string of the molecule is C[CH]CCC1CCCC(CCCC)C1. The lowest BCUT2D eigenvalue weighted by Gasteiger charge is -2.29. The van der Waals surface area contributed by atoms with Gasteiger partial charge in [-0.05, 0) is 24.7 Å². The summed E-state index contributed by atoms with van der Waals surface area (Å²) in [6, 6.07) is 0. The van der Waals surface area contributed by atoms with Gasteiger partial charge in [-0.1, -0.05) is 65.2 Å². The normalized spacial score (nSPS) is 27.9. The van der Waals surface area contributed by atoms with Crippen molar-refractivity contribution in [3.63, 3.8) is 0 Å². The maximum atomic E-state index is 2.33. The molecular formula is C14H27. The van der Waals surface area contributed by atoms with Crippen molar-refractivity contribution in [3.8, 4) is 0 Å². The van der Waals surface area contributed by atoms with Gasteiger partial charge in [0.15, 0.2) is 0 Å². The summed E-state index contributed by atoms with van der Waals surface area (Å²) in [6.45, 7) is 4.50. The van der Waals surface area contributed by atoms with Crippen LogP contribution < -0.4 is 0 Å². The fourth-order valence-electron chi connectivity index (χ4n) is 2.82. The summed E-state index contributed by atoms with van der Waals surface area (Å²) in [5.74, 6) is 2.13. The second kappa shape index (κ2) is 7.31. The minimum atomic E-state index is 1.06. The first kappa shape index (κ1) is 12.1. The van der Waals surface area contributed by atoms with Gasteiger partial charge in [0.05, 0.1) is 0 Å². The summed E-state index contributed by atoms with van der Waals surface area (Å²) in [5.41, 5.74) is 0. The van der Waals surface area contributed by atoms with Crippen LogP contribution in [0.1, 0.15) is 71.6 Å². The molecule has 0 heterocycles. The van der Waals surface area contributed by atoms with Crippen LogP contribution in [-0.2, 0) is 0 Å². The van der Waals surface area contributed by atoms with Crippen LogP contribution in [0.15, 0.2) is 0 Å². The molecule has 0 spiro atoms. The monoisotopic (exact) mass is 195 g/mol. The number of hydrogen-bond donors (Lipinski definition) is 0. The predicted octanol–water partition coefficient (Wildman–Crippen LogP) is 4.99. The molecule has 83 valence electrons. The first-order valence-corrected chi connectivity index (χ1v) is 6.64. The van der Waals surface area contributed by atoms with E-state index in [0.29, 0.717) is 0 Å². The quantitative estimate of drug-likeness (QED) is 0.560. The Bertz CT molecular complexity index is 114. The minimum Gasteiger partial charge on any atom is -0.0654 e. The first-order chi connectivity index (χ1) is 6.86. The van der Waals surface area contributed by atoms with E-state index in [1.165, 1.54) is 57.8 Å². The number of hydrogen-bond acceptors (Lipinski definition) is 0. The average molecular weight is 195 g/mol. The summed E-state index contributed by atoms with van der Waals surface area (Å²) in [4.78, 5) is 0. The van der Waals surface area contributed by atoms with Gasteiger partial charge in [-0.25, -0.2) is 0 Å². The molecule has 14 heavy (non-hydrogen) atoms. The Labute approximate surface area is 90.5 Å². The van der Waals surface area contributed by atoms with Gasteiger partial charge >= 0.3 is 0 Å². The van der Waals surface area contributed by atoms with Crippen molar-refractivity contribution in [3.05, 3.63) is 6.42 Å². The maximum Gasteiger partial charge on any atom is -0.0412 e. The van der Waals surface area contributed by atoms with Gasteiger partial charge in [-0.3, -0.25) is 0 Å². The van der Waals surface area contributed by atoms with E-state index in [-0.39, 0.29) is 0 Å². The van der Waals surface area contributed by atoms with Crippen molar-refractivity contribution >= 4 is 0 Å². The van der Waals surface area contributed by atoms with E-state index in [4.69, 9.17) is 0 Å². The second-order valence-electron chi connectivity index (χ2n) is 5.03. The molecule has 0 nitrogen and oxygen atoms in total. The Morgan fingerprint density at radius 2 is 1.86 bits per heavy atom. The van der Waals surface area contributed by atoms with Gasteiger partial charge in [0.25, 0.3) is 0 Å².